The van der Waals surface area contributed by atoms with Crippen molar-refractivity contribution in [3.05, 3.63) is 0 Å². The molecular formula is C75H146O17P2. The number of carbonyl (C=O) groups is 4. The molecule has 558 valence electrons. The van der Waals surface area contributed by atoms with E-state index < -0.39 is 97.5 Å². The first-order chi connectivity index (χ1) is 45.2. The van der Waals surface area contributed by atoms with Gasteiger partial charge in [0.05, 0.1) is 26.4 Å². The van der Waals surface area contributed by atoms with Crippen LogP contribution in [0.3, 0.4) is 0 Å². The van der Waals surface area contributed by atoms with Crippen molar-refractivity contribution in [2.45, 2.75) is 401 Å². The largest absolute Gasteiger partial charge is 0.472 e. The lowest BCUT2D eigenvalue weighted by atomic mass is 10.0. The summed E-state index contributed by atoms with van der Waals surface area (Å²) in [5.41, 5.74) is 0. The third kappa shape index (κ3) is 68.6. The van der Waals surface area contributed by atoms with Crippen molar-refractivity contribution in [3.8, 4) is 0 Å². The smallest absolute Gasteiger partial charge is 0.462 e. The molecule has 19 heteroatoms. The summed E-state index contributed by atoms with van der Waals surface area (Å²) in [6.07, 6.45) is 51.4. The average molecular weight is 1380 g/mol. The van der Waals surface area contributed by atoms with Crippen LogP contribution in [0.15, 0.2) is 0 Å². The van der Waals surface area contributed by atoms with E-state index in [1.54, 1.807) is 0 Å². The van der Waals surface area contributed by atoms with Crippen molar-refractivity contribution in [1.29, 1.82) is 0 Å². The molecule has 0 aliphatic heterocycles. The van der Waals surface area contributed by atoms with Crippen LogP contribution in [-0.4, -0.2) is 96.7 Å². The third-order valence-electron chi connectivity index (χ3n) is 17.4. The summed E-state index contributed by atoms with van der Waals surface area (Å²) in [5, 5.41) is 10.6. The van der Waals surface area contributed by atoms with Crippen LogP contribution in [-0.2, 0) is 65.4 Å². The normalized spacial score (nSPS) is 14.1. The van der Waals surface area contributed by atoms with E-state index in [2.05, 4.69) is 48.5 Å². The van der Waals surface area contributed by atoms with Gasteiger partial charge in [0.1, 0.15) is 19.3 Å². The Morgan fingerprint density at radius 3 is 0.723 bits per heavy atom. The fourth-order valence-electron chi connectivity index (χ4n) is 11.4. The van der Waals surface area contributed by atoms with Crippen LogP contribution in [0.4, 0.5) is 0 Å². The maximum absolute atomic E-state index is 13.1. The Morgan fingerprint density at radius 1 is 0.287 bits per heavy atom. The van der Waals surface area contributed by atoms with Gasteiger partial charge in [-0.15, -0.1) is 0 Å². The molecule has 0 rings (SSSR count). The highest BCUT2D eigenvalue weighted by atomic mass is 31.2. The van der Waals surface area contributed by atoms with Crippen molar-refractivity contribution >= 4 is 39.5 Å². The van der Waals surface area contributed by atoms with E-state index in [1.807, 2.05) is 0 Å². The van der Waals surface area contributed by atoms with Crippen LogP contribution >= 0.6 is 15.6 Å². The summed E-state index contributed by atoms with van der Waals surface area (Å²) >= 11 is 0. The van der Waals surface area contributed by atoms with Gasteiger partial charge in [0, 0.05) is 25.7 Å². The van der Waals surface area contributed by atoms with Crippen LogP contribution in [0.2, 0.25) is 0 Å². The molecule has 0 spiro atoms. The van der Waals surface area contributed by atoms with E-state index >= 15 is 0 Å². The van der Waals surface area contributed by atoms with E-state index in [0.29, 0.717) is 31.6 Å². The molecule has 0 fully saturated rings. The van der Waals surface area contributed by atoms with Gasteiger partial charge in [0.25, 0.3) is 0 Å². The maximum Gasteiger partial charge on any atom is 0.472 e. The van der Waals surface area contributed by atoms with Crippen LogP contribution in [0.1, 0.15) is 382 Å². The van der Waals surface area contributed by atoms with Gasteiger partial charge in [-0.3, -0.25) is 37.3 Å². The Bertz CT molecular complexity index is 1840. The Hall–Kier alpha value is -1.94. The number of esters is 4. The predicted octanol–water partition coefficient (Wildman–Crippen LogP) is 21.8. The number of carbonyl (C=O) groups excluding carboxylic acids is 4. The van der Waals surface area contributed by atoms with E-state index in [-0.39, 0.29) is 25.7 Å². The van der Waals surface area contributed by atoms with Crippen molar-refractivity contribution in [1.82, 2.24) is 0 Å². The second-order valence-electron chi connectivity index (χ2n) is 28.5. The number of hydrogen-bond donors (Lipinski definition) is 3. The molecule has 0 saturated heterocycles. The summed E-state index contributed by atoms with van der Waals surface area (Å²) in [5.74, 6) is 0.107. The van der Waals surface area contributed by atoms with E-state index in [9.17, 15) is 43.2 Å². The molecule has 3 N–H and O–H groups in total. The SMILES string of the molecule is CCCCCCCCCCCCCCCCCCC(=O)O[C@H](COC(=O)CCCCCCCCCCCCCCC(C)C)COP(=O)(O)OC[C@@H](O)COP(=O)(O)OC[C@@H](COC(=O)CCCCCCCCC(C)C)OC(=O)CCCCCCCCCCCCCC(C)C. The van der Waals surface area contributed by atoms with Gasteiger partial charge >= 0.3 is 39.5 Å². The molecule has 17 nitrogen and oxygen atoms in total. The number of aliphatic hydroxyl groups is 1. The summed E-state index contributed by atoms with van der Waals surface area (Å²) in [7, 11) is -9.91. The summed E-state index contributed by atoms with van der Waals surface area (Å²) in [6.45, 7) is 11.8. The first kappa shape index (κ1) is 92.1. The fraction of sp³-hybridized carbons (Fsp3) is 0.947. The molecule has 0 aromatic heterocycles. The van der Waals surface area contributed by atoms with Crippen molar-refractivity contribution in [2.24, 2.45) is 17.8 Å². The van der Waals surface area contributed by atoms with Gasteiger partial charge in [-0.05, 0) is 43.4 Å². The lowest BCUT2D eigenvalue weighted by molar-refractivity contribution is -0.161. The van der Waals surface area contributed by atoms with Crippen LogP contribution in [0.25, 0.3) is 0 Å². The summed E-state index contributed by atoms with van der Waals surface area (Å²) in [6, 6.07) is 0. The number of phosphoric ester groups is 2. The first-order valence-electron chi connectivity index (χ1n) is 38.8. The quantitative estimate of drug-likeness (QED) is 0.0222. The molecule has 0 saturated carbocycles. The van der Waals surface area contributed by atoms with E-state index in [0.717, 1.165) is 108 Å². The molecule has 94 heavy (non-hydrogen) atoms. The van der Waals surface area contributed by atoms with Gasteiger partial charge in [0.2, 0.25) is 0 Å². The molecule has 0 aliphatic rings. The molecule has 0 heterocycles. The monoisotopic (exact) mass is 1380 g/mol. The standard InChI is InChI=1S/C75H146O17P2/c1-8-9-10-11-12-13-14-15-16-17-18-25-30-35-44-51-58-74(79)91-70(62-85-72(77)56-49-42-34-29-24-20-19-22-27-32-39-46-53-66(2)3)64-89-93(81,82)87-60-69(76)61-88-94(83,84)90-65-71(63-86-73(78)57-50-43-38-37-41-48-55-68(6)7)92-75(80)59-52-45-36-31-26-21-23-28-33-40-47-54-67(4)5/h66-71,76H,8-65H2,1-7H3,(H,81,82)(H,83,84)/t69-,70-,71-/m1/s1. The lowest BCUT2D eigenvalue weighted by Crippen LogP contribution is -2.30. The number of aliphatic hydroxyl groups excluding tert-OH is 1. The highest BCUT2D eigenvalue weighted by Crippen LogP contribution is 2.45. The molecule has 0 aliphatic carbocycles. The minimum Gasteiger partial charge on any atom is -0.462 e. The zero-order valence-corrected chi connectivity index (χ0v) is 63.2. The Kier molecular flexibility index (Phi) is 64.3. The first-order valence-corrected chi connectivity index (χ1v) is 41.8. The van der Waals surface area contributed by atoms with E-state index in [4.69, 9.17) is 37.0 Å². The molecule has 0 aromatic carbocycles. The third-order valence-corrected chi connectivity index (χ3v) is 19.3. The van der Waals surface area contributed by atoms with Crippen LogP contribution < -0.4 is 0 Å². The van der Waals surface area contributed by atoms with Gasteiger partial charge in [-0.25, -0.2) is 9.13 Å². The summed E-state index contributed by atoms with van der Waals surface area (Å²) in [4.78, 5) is 72.8. The van der Waals surface area contributed by atoms with Crippen molar-refractivity contribution < 1.29 is 80.2 Å². The minimum absolute atomic E-state index is 0.105. The summed E-state index contributed by atoms with van der Waals surface area (Å²) < 4.78 is 68.5. The number of hydrogen-bond acceptors (Lipinski definition) is 15. The zero-order chi connectivity index (χ0) is 69.4. The maximum atomic E-state index is 13.1. The van der Waals surface area contributed by atoms with E-state index in [1.165, 1.54) is 186 Å². The van der Waals surface area contributed by atoms with Gasteiger partial charge < -0.3 is 33.8 Å². The molecule has 2 unspecified atom stereocenters. The topological polar surface area (TPSA) is 237 Å². The van der Waals surface area contributed by atoms with Crippen molar-refractivity contribution in [2.75, 3.05) is 39.6 Å². The van der Waals surface area contributed by atoms with Gasteiger partial charge in [-0.1, -0.05) is 331 Å². The molecule has 0 radical (unpaired) electrons. The number of ether oxygens (including phenoxy) is 4. The molecule has 5 atom stereocenters. The van der Waals surface area contributed by atoms with Crippen molar-refractivity contribution in [3.63, 3.8) is 0 Å². The number of phosphoric acid groups is 2. The molecule has 0 aromatic rings. The van der Waals surface area contributed by atoms with Gasteiger partial charge in [0.15, 0.2) is 12.2 Å². The highest BCUT2D eigenvalue weighted by Gasteiger charge is 2.30. The second kappa shape index (κ2) is 65.7. The van der Waals surface area contributed by atoms with Crippen LogP contribution in [0.5, 0.6) is 0 Å². The molecule has 0 bridgehead atoms. The Labute approximate surface area is 575 Å². The highest BCUT2D eigenvalue weighted by molar-refractivity contribution is 7.47. The Morgan fingerprint density at radius 2 is 0.489 bits per heavy atom. The zero-order valence-electron chi connectivity index (χ0n) is 61.4. The fourth-order valence-corrected chi connectivity index (χ4v) is 13.0. The number of unbranched alkanes of at least 4 members (excludes halogenated alkanes) is 41. The molecular weight excluding hydrogens is 1230 g/mol. The van der Waals surface area contributed by atoms with Gasteiger partial charge in [-0.2, -0.15) is 0 Å². The molecule has 0 amide bonds. The van der Waals surface area contributed by atoms with Crippen LogP contribution in [0, 0.1) is 17.8 Å². The lowest BCUT2D eigenvalue weighted by Gasteiger charge is -2.21. The number of rotatable bonds is 73. The minimum atomic E-state index is -4.96. The Balaban J connectivity index is 5.24. The second-order valence-corrected chi connectivity index (χ2v) is 31.4. The predicted molar refractivity (Wildman–Crippen MR) is 381 cm³/mol. The average Bonchev–Trinajstić information content (AvgIpc) is 3.70.